The Hall–Kier alpha value is -2.93. The van der Waals surface area contributed by atoms with Gasteiger partial charge in [0, 0.05) is 38.8 Å². The lowest BCUT2D eigenvalue weighted by atomic mass is 10.0. The number of Topliss-reactive ketones (excluding diaryl/α,β-unsaturated/α-hetero) is 1. The van der Waals surface area contributed by atoms with Crippen LogP contribution < -0.4 is 10.6 Å². The molecule has 0 saturated carbocycles. The molecule has 0 radical (unpaired) electrons. The minimum Gasteiger partial charge on any atom is -0.480 e. The maximum Gasteiger partial charge on any atom is 0.326 e. The summed E-state index contributed by atoms with van der Waals surface area (Å²) in [7, 11) is 0. The van der Waals surface area contributed by atoms with Crippen LogP contribution in [-0.4, -0.2) is 88.3 Å². The molecule has 0 bridgehead atoms. The van der Waals surface area contributed by atoms with Crippen molar-refractivity contribution in [3.8, 4) is 0 Å². The number of hydrogen-bond donors (Lipinski definition) is 4. The van der Waals surface area contributed by atoms with Crippen LogP contribution in [0.3, 0.4) is 0 Å². The maximum absolute atomic E-state index is 12.1. The van der Waals surface area contributed by atoms with Gasteiger partial charge in [-0.3, -0.25) is 14.4 Å². The molecule has 0 spiro atoms. The van der Waals surface area contributed by atoms with Gasteiger partial charge in [0.1, 0.15) is 18.4 Å². The van der Waals surface area contributed by atoms with E-state index in [4.69, 9.17) is 9.47 Å². The molecule has 1 heterocycles. The van der Waals surface area contributed by atoms with Gasteiger partial charge in [-0.1, -0.05) is 82.8 Å². The van der Waals surface area contributed by atoms with Crippen molar-refractivity contribution in [2.75, 3.05) is 33.0 Å². The van der Waals surface area contributed by atoms with Crippen molar-refractivity contribution in [3.63, 3.8) is 0 Å². The number of H-pyrrole nitrogens is 1. The fraction of sp³-hybridized carbons (Fsp3) is 0.848. The van der Waals surface area contributed by atoms with Gasteiger partial charge in [-0.05, 0) is 38.5 Å². The summed E-state index contributed by atoms with van der Waals surface area (Å²) in [5.74, 6) is -0.543. The van der Waals surface area contributed by atoms with Crippen molar-refractivity contribution in [1.82, 2.24) is 31.3 Å². The second kappa shape index (κ2) is 29.5. The lowest BCUT2D eigenvalue weighted by Gasteiger charge is -2.14. The molecule has 1 unspecified atom stereocenters. The molecule has 0 aromatic carbocycles. The number of aromatic amines is 1. The molecular weight excluding hydrogens is 592 g/mol. The summed E-state index contributed by atoms with van der Waals surface area (Å²) >= 11 is 0. The first-order valence-electron chi connectivity index (χ1n) is 17.6. The van der Waals surface area contributed by atoms with Crippen LogP contribution in [0.25, 0.3) is 0 Å². The van der Waals surface area contributed by atoms with Crippen LogP contribution in [0, 0.1) is 0 Å². The maximum atomic E-state index is 12.1. The quantitative estimate of drug-likeness (QED) is 0.0765. The lowest BCUT2D eigenvalue weighted by molar-refractivity contribution is -0.142. The predicted molar refractivity (Wildman–Crippen MR) is 175 cm³/mol. The van der Waals surface area contributed by atoms with Crippen LogP contribution in [0.4, 0.5) is 0 Å². The number of carbonyl (C=O) groups is 4. The third-order valence-electron chi connectivity index (χ3n) is 7.79. The number of hydrogen-bond acceptors (Lipinski definition) is 9. The third kappa shape index (κ3) is 25.3. The van der Waals surface area contributed by atoms with E-state index in [1.54, 1.807) is 6.92 Å². The number of ether oxygens (including phenoxy) is 2. The number of carboxylic acids is 1. The van der Waals surface area contributed by atoms with Gasteiger partial charge in [0.25, 0.3) is 0 Å². The molecule has 13 nitrogen and oxygen atoms in total. The average molecular weight is 653 g/mol. The molecule has 0 aliphatic heterocycles. The van der Waals surface area contributed by atoms with E-state index >= 15 is 0 Å². The Morgan fingerprint density at radius 1 is 0.739 bits per heavy atom. The largest absolute Gasteiger partial charge is 0.480 e. The van der Waals surface area contributed by atoms with Crippen molar-refractivity contribution in [3.05, 3.63) is 5.82 Å². The Bertz CT molecular complexity index is 916. The van der Waals surface area contributed by atoms with Crippen LogP contribution in [-0.2, 0) is 35.1 Å². The summed E-state index contributed by atoms with van der Waals surface area (Å²) in [6.45, 7) is 2.98. The Kier molecular flexibility index (Phi) is 26.3. The van der Waals surface area contributed by atoms with Crippen LogP contribution in [0.5, 0.6) is 0 Å². The minimum atomic E-state index is -1.10. The van der Waals surface area contributed by atoms with Gasteiger partial charge in [0.2, 0.25) is 11.8 Å². The Morgan fingerprint density at radius 3 is 1.96 bits per heavy atom. The number of ketones is 1. The zero-order valence-corrected chi connectivity index (χ0v) is 28.2. The number of aromatic nitrogens is 4. The zero-order valence-electron chi connectivity index (χ0n) is 28.2. The standard InChI is InChI=1S/C33H60N6O7/c1-2-31(41)34-23-17-16-21-29(33(43)44)35-32(42)27-46-26-25-45-24-18-20-28(40)19-14-12-10-8-6-4-3-5-7-9-11-13-15-22-30-36-38-39-37-30/h29H,2-27H2,1H3,(H,34,41)(H,35,42)(H,43,44)(H,36,37,38,39). The molecule has 46 heavy (non-hydrogen) atoms. The topological polar surface area (TPSA) is 185 Å². The first kappa shape index (κ1) is 41.1. The summed E-state index contributed by atoms with van der Waals surface area (Å²) in [6.07, 6.45) is 20.7. The smallest absolute Gasteiger partial charge is 0.326 e. The molecular formula is C33H60N6O7. The molecule has 0 aliphatic carbocycles. The number of unbranched alkanes of at least 4 members (excludes halogenated alkanes) is 13. The lowest BCUT2D eigenvalue weighted by Crippen LogP contribution is -2.42. The molecule has 4 N–H and O–H groups in total. The zero-order chi connectivity index (χ0) is 33.5. The first-order chi connectivity index (χ1) is 22.4. The van der Waals surface area contributed by atoms with E-state index < -0.39 is 17.9 Å². The first-order valence-corrected chi connectivity index (χ1v) is 17.6. The highest BCUT2D eigenvalue weighted by Crippen LogP contribution is 2.14. The Balaban J connectivity index is 1.82. The highest BCUT2D eigenvalue weighted by atomic mass is 16.5. The molecule has 13 heteroatoms. The summed E-state index contributed by atoms with van der Waals surface area (Å²) in [4.78, 5) is 46.7. The van der Waals surface area contributed by atoms with Gasteiger partial charge < -0.3 is 25.2 Å². The number of amides is 2. The van der Waals surface area contributed by atoms with Crippen molar-refractivity contribution in [2.24, 2.45) is 0 Å². The van der Waals surface area contributed by atoms with Crippen molar-refractivity contribution in [1.29, 1.82) is 0 Å². The van der Waals surface area contributed by atoms with Crippen LogP contribution in [0.1, 0.15) is 141 Å². The minimum absolute atomic E-state index is 0.0423. The van der Waals surface area contributed by atoms with Gasteiger partial charge in [0.15, 0.2) is 5.82 Å². The predicted octanol–water partition coefficient (Wildman–Crippen LogP) is 4.85. The van der Waals surface area contributed by atoms with Gasteiger partial charge in [-0.25, -0.2) is 4.79 Å². The number of aliphatic carboxylic acids is 1. The van der Waals surface area contributed by atoms with E-state index in [-0.39, 0.29) is 31.3 Å². The molecule has 264 valence electrons. The van der Waals surface area contributed by atoms with Crippen molar-refractivity contribution < 1.29 is 33.8 Å². The van der Waals surface area contributed by atoms with Crippen LogP contribution in [0.2, 0.25) is 0 Å². The molecule has 0 fully saturated rings. The molecule has 1 atom stereocenters. The van der Waals surface area contributed by atoms with Gasteiger partial charge >= 0.3 is 5.97 Å². The number of carbonyl (C=O) groups excluding carboxylic acids is 3. The summed E-state index contributed by atoms with van der Waals surface area (Å²) in [5, 5.41) is 28.5. The van der Waals surface area contributed by atoms with Gasteiger partial charge in [0.05, 0.1) is 13.2 Å². The summed E-state index contributed by atoms with van der Waals surface area (Å²) in [5.41, 5.74) is 0. The molecule has 1 rings (SSSR count). The Labute approximate surface area is 275 Å². The fourth-order valence-electron chi connectivity index (χ4n) is 5.04. The number of carboxylic acid groups (broad SMARTS) is 1. The van der Waals surface area contributed by atoms with E-state index in [1.165, 1.54) is 64.2 Å². The van der Waals surface area contributed by atoms with E-state index in [0.29, 0.717) is 58.3 Å². The van der Waals surface area contributed by atoms with Crippen molar-refractivity contribution >= 4 is 23.6 Å². The molecule has 0 aliphatic rings. The van der Waals surface area contributed by atoms with E-state index in [1.807, 2.05) is 0 Å². The van der Waals surface area contributed by atoms with Crippen LogP contribution in [0.15, 0.2) is 0 Å². The number of tetrazole rings is 1. The molecule has 1 aromatic rings. The van der Waals surface area contributed by atoms with Gasteiger partial charge in [-0.2, -0.15) is 5.21 Å². The highest BCUT2D eigenvalue weighted by molar-refractivity contribution is 5.84. The average Bonchev–Trinajstić information content (AvgIpc) is 3.56. The number of aryl methyl sites for hydroxylation is 1. The summed E-state index contributed by atoms with van der Waals surface area (Å²) in [6, 6.07) is -0.992. The van der Waals surface area contributed by atoms with E-state index in [0.717, 1.165) is 31.5 Å². The second-order valence-corrected chi connectivity index (χ2v) is 11.9. The second-order valence-electron chi connectivity index (χ2n) is 11.9. The molecule has 0 saturated heterocycles. The number of nitrogens with one attached hydrogen (secondary N) is 3. The van der Waals surface area contributed by atoms with E-state index in [9.17, 15) is 24.3 Å². The Morgan fingerprint density at radius 2 is 1.35 bits per heavy atom. The monoisotopic (exact) mass is 652 g/mol. The highest BCUT2D eigenvalue weighted by Gasteiger charge is 2.19. The third-order valence-corrected chi connectivity index (χ3v) is 7.79. The normalized spacial score (nSPS) is 11.8. The SMILES string of the molecule is CCC(=O)NCCCCC(NC(=O)COCCOCCCC(=O)CCCCCCCCCCCCCCCc1nn[nH]n1)C(=O)O. The number of nitrogens with zero attached hydrogens (tertiary/aromatic N) is 3. The van der Waals surface area contributed by atoms with E-state index in [2.05, 4.69) is 31.3 Å². The van der Waals surface area contributed by atoms with Crippen LogP contribution >= 0.6 is 0 Å². The fourth-order valence-corrected chi connectivity index (χ4v) is 5.04. The summed E-state index contributed by atoms with van der Waals surface area (Å²) < 4.78 is 10.8. The molecule has 2 amide bonds. The number of rotatable bonds is 33. The van der Waals surface area contributed by atoms with Crippen molar-refractivity contribution in [2.45, 2.75) is 148 Å². The molecule has 1 aromatic heterocycles. The van der Waals surface area contributed by atoms with Gasteiger partial charge in [-0.15, -0.1) is 10.2 Å².